The molecule has 0 atom stereocenters. The number of hydrogen-bond donors (Lipinski definition) is 0. The zero-order valence-corrected chi connectivity index (χ0v) is 14.2. The summed E-state index contributed by atoms with van der Waals surface area (Å²) in [5, 5.41) is 18.3. The summed E-state index contributed by atoms with van der Waals surface area (Å²) in [6, 6.07) is 15.7. The molecule has 0 radical (unpaired) electrons. The molecule has 0 amide bonds. The molecule has 0 bridgehead atoms. The number of ether oxygens (including phenoxy) is 2. The van der Waals surface area contributed by atoms with Gasteiger partial charge >= 0.3 is 0 Å². The van der Waals surface area contributed by atoms with Gasteiger partial charge in [0.15, 0.2) is 11.5 Å². The van der Waals surface area contributed by atoms with E-state index in [4.69, 9.17) is 14.7 Å². The molecule has 1 aliphatic rings. The Kier molecular flexibility index (Phi) is 5.18. The maximum absolute atomic E-state index is 9.19. The van der Waals surface area contributed by atoms with Crippen molar-refractivity contribution in [2.24, 2.45) is 0 Å². The van der Waals surface area contributed by atoms with E-state index in [1.54, 1.807) is 6.07 Å². The summed E-state index contributed by atoms with van der Waals surface area (Å²) in [6.07, 6.45) is 0.857. The third-order valence-electron chi connectivity index (χ3n) is 4.29. The number of nitrogens with zero attached hydrogens (tertiary/aromatic N) is 3. The van der Waals surface area contributed by atoms with Crippen LogP contribution >= 0.6 is 0 Å². The lowest BCUT2D eigenvalue weighted by atomic mass is 10.1. The molecule has 1 heterocycles. The van der Waals surface area contributed by atoms with E-state index in [2.05, 4.69) is 29.2 Å². The van der Waals surface area contributed by atoms with Crippen LogP contribution in [0.3, 0.4) is 0 Å². The van der Waals surface area contributed by atoms with Crippen LogP contribution in [0, 0.1) is 22.7 Å². The Morgan fingerprint density at radius 2 is 1.80 bits per heavy atom. The van der Waals surface area contributed by atoms with Crippen molar-refractivity contribution in [3.05, 3.63) is 58.7 Å². The molecule has 0 aromatic heterocycles. The van der Waals surface area contributed by atoms with E-state index >= 15 is 0 Å². The standard InChI is InChI=1S/C20H19N3O2/c1-24-20-18(12-22)9-15(11-21)10-19(20)25-8-4-7-23-13-16-5-2-3-6-17(16)14-23/h2-3,5-6,9-10H,4,7-8,13-14H2,1H3. The first-order valence-electron chi connectivity index (χ1n) is 8.19. The molecule has 0 spiro atoms. The van der Waals surface area contributed by atoms with E-state index in [1.807, 2.05) is 12.1 Å². The molecule has 5 heteroatoms. The highest BCUT2D eigenvalue weighted by molar-refractivity contribution is 5.57. The monoisotopic (exact) mass is 333 g/mol. The van der Waals surface area contributed by atoms with Gasteiger partial charge in [-0.1, -0.05) is 24.3 Å². The minimum atomic E-state index is 0.312. The molecule has 126 valence electrons. The molecule has 25 heavy (non-hydrogen) atoms. The van der Waals surface area contributed by atoms with Crippen LogP contribution in [-0.4, -0.2) is 25.2 Å². The van der Waals surface area contributed by atoms with Gasteiger partial charge in [-0.25, -0.2) is 0 Å². The van der Waals surface area contributed by atoms with Gasteiger partial charge in [0.2, 0.25) is 0 Å². The topological polar surface area (TPSA) is 69.3 Å². The normalized spacial score (nSPS) is 12.9. The maximum Gasteiger partial charge on any atom is 0.178 e. The first-order chi connectivity index (χ1) is 12.2. The summed E-state index contributed by atoms with van der Waals surface area (Å²) in [4.78, 5) is 2.39. The van der Waals surface area contributed by atoms with E-state index in [0.717, 1.165) is 26.1 Å². The van der Waals surface area contributed by atoms with Gasteiger partial charge in [-0.2, -0.15) is 10.5 Å². The number of nitriles is 2. The Morgan fingerprint density at radius 1 is 1.08 bits per heavy atom. The Bertz CT molecular complexity index is 824. The fourth-order valence-corrected chi connectivity index (χ4v) is 3.10. The lowest BCUT2D eigenvalue weighted by Gasteiger charge is -2.16. The largest absolute Gasteiger partial charge is 0.492 e. The second-order valence-electron chi connectivity index (χ2n) is 5.96. The summed E-state index contributed by atoms with van der Waals surface area (Å²) in [7, 11) is 1.50. The van der Waals surface area contributed by atoms with Crippen LogP contribution in [0.4, 0.5) is 0 Å². The van der Waals surface area contributed by atoms with Crippen molar-refractivity contribution in [2.75, 3.05) is 20.3 Å². The Hall–Kier alpha value is -3.02. The van der Waals surface area contributed by atoms with Crippen LogP contribution in [0.1, 0.15) is 28.7 Å². The van der Waals surface area contributed by atoms with Crippen molar-refractivity contribution < 1.29 is 9.47 Å². The molecule has 0 saturated heterocycles. The van der Waals surface area contributed by atoms with Crippen LogP contribution in [0.2, 0.25) is 0 Å². The summed E-state index contributed by atoms with van der Waals surface area (Å²) < 4.78 is 11.1. The van der Waals surface area contributed by atoms with Crippen LogP contribution in [0.25, 0.3) is 0 Å². The summed E-state index contributed by atoms with van der Waals surface area (Å²) in [5.41, 5.74) is 3.49. The van der Waals surface area contributed by atoms with Crippen molar-refractivity contribution in [1.29, 1.82) is 10.5 Å². The molecule has 0 unspecified atom stereocenters. The number of rotatable bonds is 6. The second kappa shape index (κ2) is 7.70. The van der Waals surface area contributed by atoms with Gasteiger partial charge in [0.05, 0.1) is 30.9 Å². The molecule has 0 N–H and O–H groups in total. The van der Waals surface area contributed by atoms with E-state index in [1.165, 1.54) is 24.3 Å². The predicted octanol–water partition coefficient (Wildman–Crippen LogP) is 3.22. The molecule has 0 aliphatic carbocycles. The summed E-state index contributed by atoms with van der Waals surface area (Å²) >= 11 is 0. The number of hydrogen-bond acceptors (Lipinski definition) is 5. The molecule has 0 saturated carbocycles. The van der Waals surface area contributed by atoms with Crippen LogP contribution in [0.5, 0.6) is 11.5 Å². The maximum atomic E-state index is 9.19. The molecular formula is C20H19N3O2. The molecule has 2 aromatic rings. The molecular weight excluding hydrogens is 314 g/mol. The minimum Gasteiger partial charge on any atom is -0.492 e. The van der Waals surface area contributed by atoms with Gasteiger partial charge in [0, 0.05) is 25.7 Å². The van der Waals surface area contributed by atoms with Gasteiger partial charge in [-0.15, -0.1) is 0 Å². The van der Waals surface area contributed by atoms with Crippen molar-refractivity contribution in [3.63, 3.8) is 0 Å². The van der Waals surface area contributed by atoms with Gasteiger partial charge in [-0.3, -0.25) is 4.90 Å². The van der Waals surface area contributed by atoms with Crippen molar-refractivity contribution in [3.8, 4) is 23.6 Å². The lowest BCUT2D eigenvalue weighted by Crippen LogP contribution is -2.19. The Morgan fingerprint density at radius 3 is 2.40 bits per heavy atom. The van der Waals surface area contributed by atoms with Gasteiger partial charge in [0.1, 0.15) is 6.07 Å². The second-order valence-corrected chi connectivity index (χ2v) is 5.96. The number of methoxy groups -OCH3 is 1. The zero-order chi connectivity index (χ0) is 17.6. The first kappa shape index (κ1) is 16.8. The third kappa shape index (κ3) is 3.74. The first-order valence-corrected chi connectivity index (χ1v) is 8.19. The van der Waals surface area contributed by atoms with E-state index in [-0.39, 0.29) is 0 Å². The fourth-order valence-electron chi connectivity index (χ4n) is 3.10. The third-order valence-corrected chi connectivity index (χ3v) is 4.29. The quantitative estimate of drug-likeness (QED) is 0.759. The van der Waals surface area contributed by atoms with E-state index in [0.29, 0.717) is 29.2 Å². The highest BCUT2D eigenvalue weighted by Gasteiger charge is 2.18. The van der Waals surface area contributed by atoms with Crippen molar-refractivity contribution in [2.45, 2.75) is 19.5 Å². The minimum absolute atomic E-state index is 0.312. The van der Waals surface area contributed by atoms with Gasteiger partial charge in [-0.05, 0) is 23.6 Å². The fraction of sp³-hybridized carbons (Fsp3) is 0.300. The van der Waals surface area contributed by atoms with Crippen molar-refractivity contribution in [1.82, 2.24) is 4.90 Å². The molecule has 1 aliphatic heterocycles. The van der Waals surface area contributed by atoms with E-state index < -0.39 is 0 Å². The summed E-state index contributed by atoms with van der Waals surface area (Å²) in [6.45, 7) is 3.38. The highest BCUT2D eigenvalue weighted by atomic mass is 16.5. The average molecular weight is 333 g/mol. The Balaban J connectivity index is 1.56. The molecule has 2 aromatic carbocycles. The van der Waals surface area contributed by atoms with Gasteiger partial charge < -0.3 is 9.47 Å². The predicted molar refractivity (Wildman–Crippen MR) is 93.1 cm³/mol. The van der Waals surface area contributed by atoms with Crippen LogP contribution < -0.4 is 9.47 Å². The number of fused-ring (bicyclic) bond motifs is 1. The van der Waals surface area contributed by atoms with Crippen LogP contribution in [-0.2, 0) is 13.1 Å². The summed E-state index contributed by atoms with van der Waals surface area (Å²) in [5.74, 6) is 0.831. The molecule has 3 rings (SSSR count). The SMILES string of the molecule is COc1c(C#N)cc(C#N)cc1OCCCN1Cc2ccccc2C1. The van der Waals surface area contributed by atoms with Gasteiger partial charge in [0.25, 0.3) is 0 Å². The number of benzene rings is 2. The molecule has 5 nitrogen and oxygen atoms in total. The van der Waals surface area contributed by atoms with E-state index in [9.17, 15) is 5.26 Å². The van der Waals surface area contributed by atoms with Crippen LogP contribution in [0.15, 0.2) is 36.4 Å². The van der Waals surface area contributed by atoms with Crippen molar-refractivity contribution >= 4 is 0 Å². The lowest BCUT2D eigenvalue weighted by molar-refractivity contribution is 0.232. The zero-order valence-electron chi connectivity index (χ0n) is 14.2. The highest BCUT2D eigenvalue weighted by Crippen LogP contribution is 2.32. The average Bonchev–Trinajstić information content (AvgIpc) is 3.07. The molecule has 0 fully saturated rings. The Labute approximate surface area is 147 Å². The smallest absolute Gasteiger partial charge is 0.178 e.